The van der Waals surface area contributed by atoms with Crippen molar-refractivity contribution in [2.24, 2.45) is 5.92 Å². The molecule has 1 atom stereocenters. The van der Waals surface area contributed by atoms with Crippen molar-refractivity contribution < 1.29 is 14.0 Å². The average molecular weight is 636 g/mol. The van der Waals surface area contributed by atoms with Gasteiger partial charge in [-0.25, -0.2) is 0 Å². The van der Waals surface area contributed by atoms with Crippen LogP contribution in [0.4, 0.5) is 11.4 Å². The van der Waals surface area contributed by atoms with Crippen LogP contribution >= 0.6 is 0 Å². The van der Waals surface area contributed by atoms with Crippen LogP contribution in [-0.4, -0.2) is 38.1 Å². The summed E-state index contributed by atoms with van der Waals surface area (Å²) in [6, 6.07) is 33.0. The van der Waals surface area contributed by atoms with E-state index in [2.05, 4.69) is 148 Å². The summed E-state index contributed by atoms with van der Waals surface area (Å²) in [7, 11) is 5.66. The summed E-state index contributed by atoms with van der Waals surface area (Å²) >= 11 is 0. The molecule has 4 heteroatoms. The maximum atomic E-state index is 5.95. The molecule has 0 saturated heterocycles. The number of anilines is 1. The van der Waals surface area contributed by atoms with Crippen LogP contribution in [0.1, 0.15) is 51.3 Å². The lowest BCUT2D eigenvalue weighted by atomic mass is 9.74. The number of hydrogen-bond acceptors (Lipinski definition) is 3. The van der Waals surface area contributed by atoms with E-state index in [1.54, 1.807) is 14.2 Å². The molecule has 48 heavy (non-hydrogen) atoms. The topological polar surface area (TPSA) is 24.7 Å². The van der Waals surface area contributed by atoms with Crippen LogP contribution < -0.4 is 14.4 Å². The third-order valence-electron chi connectivity index (χ3n) is 10.6. The van der Waals surface area contributed by atoms with Crippen LogP contribution in [-0.2, 0) is 17.3 Å². The first-order chi connectivity index (χ1) is 23.1. The van der Waals surface area contributed by atoms with Crippen molar-refractivity contribution in [1.29, 1.82) is 0 Å². The Bertz CT molecular complexity index is 2150. The van der Waals surface area contributed by atoms with Crippen molar-refractivity contribution >= 4 is 38.6 Å². The van der Waals surface area contributed by atoms with E-state index < -0.39 is 0 Å². The molecule has 0 N–H and O–H groups in total. The lowest BCUT2D eigenvalue weighted by molar-refractivity contribution is -0.401. The fourth-order valence-corrected chi connectivity index (χ4v) is 8.26. The van der Waals surface area contributed by atoms with Gasteiger partial charge < -0.3 is 14.4 Å². The van der Waals surface area contributed by atoms with Crippen LogP contribution in [0.2, 0.25) is 0 Å². The Balaban J connectivity index is 1.39. The van der Waals surface area contributed by atoms with Gasteiger partial charge in [0.1, 0.15) is 18.5 Å². The first kappa shape index (κ1) is 31.8. The normalized spacial score (nSPS) is 19.3. The highest BCUT2D eigenvalue weighted by atomic mass is 16.5. The summed E-state index contributed by atoms with van der Waals surface area (Å²) < 4.78 is 13.9. The predicted molar refractivity (Wildman–Crippen MR) is 202 cm³/mol. The molecule has 0 amide bonds. The number of fused-ring (bicyclic) bond motifs is 5. The van der Waals surface area contributed by atoms with E-state index in [9.17, 15) is 0 Å². The number of methoxy groups -OCH3 is 2. The van der Waals surface area contributed by atoms with Gasteiger partial charge in [-0.3, -0.25) is 0 Å². The predicted octanol–water partition coefficient (Wildman–Crippen LogP) is 10.1. The van der Waals surface area contributed by atoms with Gasteiger partial charge in [0.25, 0.3) is 0 Å². The number of benzene rings is 5. The van der Waals surface area contributed by atoms with Gasteiger partial charge >= 0.3 is 0 Å². The quantitative estimate of drug-likeness (QED) is 0.159. The molecule has 0 radical (unpaired) electrons. The zero-order valence-corrected chi connectivity index (χ0v) is 29.6. The molecule has 2 aliphatic heterocycles. The van der Waals surface area contributed by atoms with Crippen LogP contribution in [0, 0.1) is 5.92 Å². The highest BCUT2D eigenvalue weighted by molar-refractivity contribution is 6.05. The third-order valence-corrected chi connectivity index (χ3v) is 10.6. The zero-order chi connectivity index (χ0) is 33.8. The highest BCUT2D eigenvalue weighted by Crippen LogP contribution is 2.53. The van der Waals surface area contributed by atoms with Crippen LogP contribution in [0.5, 0.6) is 11.5 Å². The van der Waals surface area contributed by atoms with E-state index >= 15 is 0 Å². The number of allylic oxidation sites excluding steroid dienone is 4. The SMILES string of the molecule is COc1ccc(CC2(C)/C(=C\C=C\C3=[N+](C)c4cc5ccccc5cc4C3(C)C)N(CC(C)C)c3ccc4ccccc4c32)c(OC)c1. The fraction of sp³-hybridized carbons (Fsp3) is 0.295. The van der Waals surface area contributed by atoms with Gasteiger partial charge in [0.05, 0.1) is 19.6 Å². The molecule has 2 heterocycles. The van der Waals surface area contributed by atoms with Gasteiger partial charge in [-0.2, -0.15) is 4.58 Å². The Morgan fingerprint density at radius 1 is 0.812 bits per heavy atom. The minimum atomic E-state index is -0.320. The van der Waals surface area contributed by atoms with Gasteiger partial charge in [-0.1, -0.05) is 80.6 Å². The molecule has 244 valence electrons. The monoisotopic (exact) mass is 635 g/mol. The Labute approximate surface area is 285 Å². The summed E-state index contributed by atoms with van der Waals surface area (Å²) in [6.07, 6.45) is 7.79. The van der Waals surface area contributed by atoms with Gasteiger partial charge in [0, 0.05) is 47.1 Å². The molecule has 5 aromatic carbocycles. The number of nitrogens with zero attached hydrogens (tertiary/aromatic N) is 2. The van der Waals surface area contributed by atoms with E-state index in [0.717, 1.165) is 30.0 Å². The molecular weight excluding hydrogens is 588 g/mol. The fourth-order valence-electron chi connectivity index (χ4n) is 8.26. The summed E-state index contributed by atoms with van der Waals surface area (Å²) in [6.45, 7) is 12.7. The Kier molecular flexibility index (Phi) is 7.94. The standard InChI is InChI=1S/C44H47N2O2/c1-29(2)28-46-37-23-21-30-14-11-12-17-35(30)42(37)44(5,27-33-20-22-34(47-7)26-39(33)48-8)41(46)19-13-18-40-43(3,4)36-24-31-15-9-10-16-32(31)25-38(36)45(40)6/h9-26,29H,27-28H2,1-8H3/q+1. The third kappa shape index (κ3) is 5.10. The summed E-state index contributed by atoms with van der Waals surface area (Å²) in [5.74, 6) is 2.13. The van der Waals surface area contributed by atoms with Crippen LogP contribution in [0.25, 0.3) is 21.5 Å². The van der Waals surface area contributed by atoms with Crippen molar-refractivity contribution in [2.45, 2.75) is 51.9 Å². The number of ether oxygens (including phenoxy) is 2. The number of hydrogen-bond donors (Lipinski definition) is 0. The molecular formula is C44H47N2O2+. The van der Waals surface area contributed by atoms with Crippen LogP contribution in [0.3, 0.4) is 0 Å². The summed E-state index contributed by atoms with van der Waals surface area (Å²) in [5, 5.41) is 5.13. The molecule has 0 spiro atoms. The molecule has 0 bridgehead atoms. The van der Waals surface area contributed by atoms with Crippen molar-refractivity contribution in [3.63, 3.8) is 0 Å². The van der Waals surface area contributed by atoms with Gasteiger partial charge in [-0.05, 0) is 90.1 Å². The first-order valence-corrected chi connectivity index (χ1v) is 17.1. The summed E-state index contributed by atoms with van der Waals surface area (Å²) in [5.41, 5.74) is 8.63. The minimum absolute atomic E-state index is 0.130. The van der Waals surface area contributed by atoms with Crippen molar-refractivity contribution in [2.75, 3.05) is 32.7 Å². The van der Waals surface area contributed by atoms with Gasteiger partial charge in [-0.15, -0.1) is 0 Å². The second-order valence-corrected chi connectivity index (χ2v) is 14.6. The van der Waals surface area contributed by atoms with Gasteiger partial charge in [0.2, 0.25) is 5.69 Å². The first-order valence-electron chi connectivity index (χ1n) is 17.1. The average Bonchev–Trinajstić information content (AvgIpc) is 3.42. The van der Waals surface area contributed by atoms with Crippen molar-refractivity contribution in [3.8, 4) is 11.5 Å². The maximum Gasteiger partial charge on any atom is 0.210 e. The highest BCUT2D eigenvalue weighted by Gasteiger charge is 2.46. The molecule has 4 nitrogen and oxygen atoms in total. The molecule has 7 rings (SSSR count). The molecule has 0 aliphatic carbocycles. The van der Waals surface area contributed by atoms with Gasteiger partial charge in [0.15, 0.2) is 5.71 Å². The van der Waals surface area contributed by atoms with E-state index in [4.69, 9.17) is 9.47 Å². The number of rotatable bonds is 8. The molecule has 0 saturated carbocycles. The molecule has 2 aliphatic rings. The second kappa shape index (κ2) is 12.0. The maximum absolute atomic E-state index is 5.95. The lowest BCUT2D eigenvalue weighted by Crippen LogP contribution is -2.32. The van der Waals surface area contributed by atoms with E-state index in [1.165, 1.54) is 55.5 Å². The van der Waals surface area contributed by atoms with Crippen molar-refractivity contribution in [3.05, 3.63) is 132 Å². The van der Waals surface area contributed by atoms with E-state index in [0.29, 0.717) is 5.92 Å². The Morgan fingerprint density at radius 3 is 2.23 bits per heavy atom. The Morgan fingerprint density at radius 2 is 1.52 bits per heavy atom. The minimum Gasteiger partial charge on any atom is -0.497 e. The van der Waals surface area contributed by atoms with Crippen molar-refractivity contribution in [1.82, 2.24) is 0 Å². The van der Waals surface area contributed by atoms with E-state index in [1.807, 2.05) is 12.1 Å². The second-order valence-electron chi connectivity index (χ2n) is 14.6. The lowest BCUT2D eigenvalue weighted by Gasteiger charge is -2.32. The summed E-state index contributed by atoms with van der Waals surface area (Å²) in [4.78, 5) is 2.57. The Hall–Kier alpha value is -4.83. The largest absolute Gasteiger partial charge is 0.497 e. The smallest absolute Gasteiger partial charge is 0.210 e. The molecule has 1 unspecified atom stereocenters. The molecule has 0 aromatic heterocycles. The zero-order valence-electron chi connectivity index (χ0n) is 29.6. The molecule has 5 aromatic rings. The van der Waals surface area contributed by atoms with Crippen LogP contribution in [0.15, 0.2) is 115 Å². The van der Waals surface area contributed by atoms with E-state index in [-0.39, 0.29) is 10.8 Å². The molecule has 0 fully saturated rings.